The largest absolute Gasteiger partial charge is 0.495 e. The first-order chi connectivity index (χ1) is 37.1. The fourth-order valence-corrected chi connectivity index (χ4v) is 15.5. The van der Waals surface area contributed by atoms with Crippen LogP contribution in [0.5, 0.6) is 0 Å². The van der Waals surface area contributed by atoms with E-state index in [4.69, 9.17) is 66.3 Å². The minimum absolute atomic E-state index is 0.00508. The Kier molecular flexibility index (Phi) is 16.1. The van der Waals surface area contributed by atoms with Crippen LogP contribution in [0.3, 0.4) is 0 Å². The van der Waals surface area contributed by atoms with E-state index >= 15 is 0 Å². The third-order valence-electron chi connectivity index (χ3n) is 20.3. The quantitative estimate of drug-likeness (QED) is 0.137. The molecule has 0 aromatic heterocycles. The summed E-state index contributed by atoms with van der Waals surface area (Å²) in [6, 6.07) is 0. The molecule has 12 aliphatic heterocycles. The van der Waals surface area contributed by atoms with Gasteiger partial charge in [0, 0.05) is 43.9 Å². The van der Waals surface area contributed by atoms with Crippen LogP contribution in [0, 0.1) is 29.6 Å². The minimum Gasteiger partial charge on any atom is -0.495 e. The van der Waals surface area contributed by atoms with Gasteiger partial charge in [-0.25, -0.2) is 4.79 Å². The molecule has 430 valence electrons. The molecular formula is C59H86O18. The third kappa shape index (κ3) is 10.5. The Bertz CT molecular complexity index is 2180. The monoisotopic (exact) mass is 1080 g/mol. The molecule has 0 aromatic rings. The number of rotatable bonds is 6. The van der Waals surface area contributed by atoms with Gasteiger partial charge >= 0.3 is 5.97 Å². The summed E-state index contributed by atoms with van der Waals surface area (Å²) in [4.78, 5) is 12.3. The average molecular weight is 1080 g/mol. The number of aliphatic hydroxyl groups excluding tert-OH is 3. The lowest BCUT2D eigenvalue weighted by Gasteiger charge is -2.53. The first kappa shape index (κ1) is 55.2. The van der Waals surface area contributed by atoms with Gasteiger partial charge in [0.15, 0.2) is 5.79 Å². The van der Waals surface area contributed by atoms with Crippen molar-refractivity contribution in [2.45, 2.75) is 264 Å². The maximum absolute atomic E-state index is 12.6. The zero-order chi connectivity index (χ0) is 53.5. The number of aliphatic hydroxyl groups is 3. The maximum atomic E-state index is 12.6. The van der Waals surface area contributed by atoms with Crippen LogP contribution in [0.25, 0.3) is 0 Å². The van der Waals surface area contributed by atoms with Crippen molar-refractivity contribution in [3.05, 3.63) is 48.8 Å². The Morgan fingerprint density at radius 2 is 1.34 bits per heavy atom. The highest BCUT2D eigenvalue weighted by molar-refractivity contribution is 5.81. The Morgan fingerprint density at radius 3 is 2.14 bits per heavy atom. The fourth-order valence-electron chi connectivity index (χ4n) is 15.5. The Morgan fingerprint density at radius 1 is 0.649 bits per heavy atom. The van der Waals surface area contributed by atoms with Crippen LogP contribution in [0.2, 0.25) is 0 Å². The minimum atomic E-state index is -1.24. The molecule has 77 heavy (non-hydrogen) atoms. The van der Waals surface area contributed by atoms with E-state index in [2.05, 4.69) is 52.0 Å². The van der Waals surface area contributed by atoms with E-state index in [9.17, 15) is 20.1 Å². The van der Waals surface area contributed by atoms with Crippen LogP contribution in [-0.4, -0.2) is 193 Å². The molecule has 12 aliphatic rings. The zero-order valence-corrected chi connectivity index (χ0v) is 45.9. The number of fused-ring (bicyclic) bond motifs is 9. The molecule has 3 N–H and O–H groups in total. The van der Waals surface area contributed by atoms with Crippen molar-refractivity contribution in [2.75, 3.05) is 20.3 Å². The van der Waals surface area contributed by atoms with Crippen LogP contribution in [0.1, 0.15) is 112 Å². The van der Waals surface area contributed by atoms with Gasteiger partial charge in [0.1, 0.15) is 54.4 Å². The number of methoxy groups -OCH3 is 1. The summed E-state index contributed by atoms with van der Waals surface area (Å²) < 4.78 is 92.6. The second-order valence-corrected chi connectivity index (χ2v) is 25.2. The molecule has 0 aromatic carbocycles. The number of hydrogen-bond donors (Lipinski definition) is 3. The van der Waals surface area contributed by atoms with Gasteiger partial charge in [-0.1, -0.05) is 71.1 Å². The highest BCUT2D eigenvalue weighted by Gasteiger charge is 2.62. The standard InChI is InChI=1S/C59H86O18/c1-29-22-40-43(26-46-53(74-40)32(4)51(62)57-54(75-46)31(3)33(5)59(77-57)18-11-20-67-59)72-44-28-49(65-21-17-50(61)64-7)58(6,76-45(44)23-29)48(60)27-39-30(2)24-41-35(68-39)14-10-13-34-36(70-41)15-16-37-42(69-34)25-47-56(73-37)52(63)55-38(71-47)12-8-9-19-66-55/h8-10,14-17,21,29-49,51-57,60,62-63H,11-13,18-20,22-28H2,1-7H3/b14-10-,21-17+/t29-,30+,31+,32+,33+,34-,35+,36+,37-,38+,39-,40+,41-,42+,43-,44+,45-,46+,47-,48-,49-,51+,52-,53-,54?,55+,56-,57+,58+,59-/m1/s1. The van der Waals surface area contributed by atoms with Gasteiger partial charge in [-0.2, -0.15) is 0 Å². The van der Waals surface area contributed by atoms with Crippen molar-refractivity contribution in [1.29, 1.82) is 0 Å². The van der Waals surface area contributed by atoms with E-state index in [0.717, 1.165) is 19.3 Å². The fraction of sp³-hybridized carbons (Fsp3) is 0.847. The second-order valence-electron chi connectivity index (χ2n) is 25.2. The van der Waals surface area contributed by atoms with E-state index in [1.165, 1.54) is 19.4 Å². The molecule has 18 nitrogen and oxygen atoms in total. The summed E-state index contributed by atoms with van der Waals surface area (Å²) in [5, 5.41) is 36.1. The van der Waals surface area contributed by atoms with Crippen LogP contribution in [-0.2, 0) is 71.1 Å². The van der Waals surface area contributed by atoms with E-state index in [1.54, 1.807) is 0 Å². The van der Waals surface area contributed by atoms with Gasteiger partial charge in [0.25, 0.3) is 0 Å². The lowest BCUT2D eigenvalue weighted by Crippen LogP contribution is -2.64. The Labute approximate surface area is 453 Å². The summed E-state index contributed by atoms with van der Waals surface area (Å²) in [6.07, 6.45) is 11.4. The predicted octanol–water partition coefficient (Wildman–Crippen LogP) is 5.10. The summed E-state index contributed by atoms with van der Waals surface area (Å²) in [5.41, 5.74) is -1.24. The van der Waals surface area contributed by atoms with Crippen molar-refractivity contribution < 1.29 is 86.4 Å². The van der Waals surface area contributed by atoms with Crippen molar-refractivity contribution in [2.24, 2.45) is 29.6 Å². The molecule has 30 atom stereocenters. The van der Waals surface area contributed by atoms with Crippen molar-refractivity contribution in [3.8, 4) is 0 Å². The van der Waals surface area contributed by atoms with Crippen LogP contribution < -0.4 is 0 Å². The molecule has 12 heterocycles. The van der Waals surface area contributed by atoms with Gasteiger partial charge < -0.3 is 81.6 Å². The van der Waals surface area contributed by atoms with Gasteiger partial charge in [0.05, 0.1) is 124 Å². The molecule has 1 spiro atoms. The first-order valence-electron chi connectivity index (χ1n) is 29.4. The highest BCUT2D eigenvalue weighted by Crippen LogP contribution is 2.51. The molecule has 0 radical (unpaired) electrons. The number of hydrogen-bond acceptors (Lipinski definition) is 18. The van der Waals surface area contributed by atoms with Gasteiger partial charge in [-0.05, 0) is 63.2 Å². The van der Waals surface area contributed by atoms with Gasteiger partial charge in [-0.15, -0.1) is 0 Å². The number of ether oxygens (including phenoxy) is 14. The SMILES string of the molecule is COC(=O)/C=C/O[C@@H]1C[C@@H]2O[C@@H]3C[C@@H]4OC5[C@@H](C)[C@H](C)[C@@]6(CCCO6)O[C@H]5[C@@H](O)[C@H](C)[C@H]4O[C@H]3C[C@@H](C)C[C@H]2O[C@@]1(C)[C@H](O)C[C@H]1O[C@H]2/C=C\C[C@H]3O[C@H]4C[C@H]5O[C@H]6CC=CCO[C@@H]6[C@@H](O)[C@@H]5O[C@@H]4C=C[C@@H]3O[C@@H]2C[C@@H]1C. The molecule has 0 aliphatic carbocycles. The molecule has 0 amide bonds. The molecule has 18 heteroatoms. The number of carbonyl (C=O) groups excluding carboxylic acids is 1. The van der Waals surface area contributed by atoms with Crippen LogP contribution in [0.4, 0.5) is 0 Å². The van der Waals surface area contributed by atoms with Crippen molar-refractivity contribution >= 4 is 5.97 Å². The zero-order valence-electron chi connectivity index (χ0n) is 45.9. The summed E-state index contributed by atoms with van der Waals surface area (Å²) >= 11 is 0. The molecule has 9 fully saturated rings. The van der Waals surface area contributed by atoms with E-state index in [1.807, 2.05) is 26.0 Å². The van der Waals surface area contributed by atoms with Crippen molar-refractivity contribution in [3.63, 3.8) is 0 Å². The average Bonchev–Trinajstić information content (AvgIpc) is 3.72. The summed E-state index contributed by atoms with van der Waals surface area (Å²) in [6.45, 7) is 13.7. The summed E-state index contributed by atoms with van der Waals surface area (Å²) in [5.74, 6) is -1.26. The smallest absolute Gasteiger partial charge is 0.333 e. The normalized spacial score (nSPS) is 54.1. The van der Waals surface area contributed by atoms with Gasteiger partial charge in [0.2, 0.25) is 0 Å². The number of carbonyl (C=O) groups is 1. The highest BCUT2D eigenvalue weighted by atomic mass is 16.7. The van der Waals surface area contributed by atoms with E-state index in [-0.39, 0.29) is 121 Å². The third-order valence-corrected chi connectivity index (χ3v) is 20.3. The van der Waals surface area contributed by atoms with Crippen LogP contribution in [0.15, 0.2) is 48.8 Å². The van der Waals surface area contributed by atoms with Crippen LogP contribution >= 0.6 is 0 Å². The lowest BCUT2D eigenvalue weighted by molar-refractivity contribution is -0.339. The van der Waals surface area contributed by atoms with Gasteiger partial charge in [-0.3, -0.25) is 0 Å². The molecule has 12 rings (SSSR count). The Hall–Kier alpha value is -2.37. The van der Waals surface area contributed by atoms with Crippen molar-refractivity contribution in [1.82, 2.24) is 0 Å². The molecule has 1 unspecified atom stereocenters. The number of esters is 1. The lowest BCUT2D eigenvalue weighted by atomic mass is 9.76. The topological polar surface area (TPSA) is 207 Å². The predicted molar refractivity (Wildman–Crippen MR) is 274 cm³/mol. The summed E-state index contributed by atoms with van der Waals surface area (Å²) in [7, 11) is 1.31. The first-order valence-corrected chi connectivity index (χ1v) is 29.4. The second kappa shape index (κ2) is 22.4. The van der Waals surface area contributed by atoms with E-state index in [0.29, 0.717) is 58.2 Å². The maximum Gasteiger partial charge on any atom is 0.333 e. The van der Waals surface area contributed by atoms with E-state index < -0.39 is 72.3 Å². The molecular weight excluding hydrogens is 997 g/mol. The molecule has 0 bridgehead atoms. The molecule has 0 saturated carbocycles. The molecule has 9 saturated heterocycles. The Balaban J connectivity index is 0.721.